The van der Waals surface area contributed by atoms with Gasteiger partial charge in [-0.15, -0.1) is 11.3 Å². The summed E-state index contributed by atoms with van der Waals surface area (Å²) in [6.45, 7) is 4.65. The average molecular weight is 504 g/mol. The lowest BCUT2D eigenvalue weighted by atomic mass is 9.97. The fourth-order valence-electron chi connectivity index (χ4n) is 4.72. The third kappa shape index (κ3) is 5.07. The van der Waals surface area contributed by atoms with E-state index in [-0.39, 0.29) is 17.2 Å². The first-order chi connectivity index (χ1) is 17.0. The molecule has 0 atom stereocenters. The molecule has 2 aromatic carbocycles. The minimum atomic E-state index is -0.0575. The Bertz CT molecular complexity index is 1440. The number of benzene rings is 2. The minimum absolute atomic E-state index is 0.0201. The van der Waals surface area contributed by atoms with Crippen molar-refractivity contribution in [2.45, 2.75) is 51.1 Å². The van der Waals surface area contributed by atoms with Crippen LogP contribution in [0.15, 0.2) is 58.5 Å². The summed E-state index contributed by atoms with van der Waals surface area (Å²) in [4.78, 5) is 33.6. The lowest BCUT2D eigenvalue weighted by molar-refractivity contribution is -0.118. The molecule has 7 heteroatoms. The van der Waals surface area contributed by atoms with Crippen molar-refractivity contribution >= 4 is 39.2 Å². The number of thioether (sulfide) groups is 1. The number of nitrogens with one attached hydrogen (secondary N) is 1. The molecule has 2 heterocycles. The van der Waals surface area contributed by atoms with E-state index in [1.54, 1.807) is 15.9 Å². The highest BCUT2D eigenvalue weighted by molar-refractivity contribution is 7.99. The normalized spacial score (nSPS) is 13.1. The van der Waals surface area contributed by atoms with Crippen molar-refractivity contribution in [2.75, 3.05) is 12.3 Å². The van der Waals surface area contributed by atoms with E-state index in [1.165, 1.54) is 27.8 Å². The van der Waals surface area contributed by atoms with E-state index in [0.717, 1.165) is 59.1 Å². The molecule has 0 aliphatic heterocycles. The molecule has 0 radical (unpaired) electrons. The zero-order valence-electron chi connectivity index (χ0n) is 20.1. The Morgan fingerprint density at radius 1 is 1.11 bits per heavy atom. The van der Waals surface area contributed by atoms with Gasteiger partial charge >= 0.3 is 0 Å². The van der Waals surface area contributed by atoms with Gasteiger partial charge in [-0.25, -0.2) is 4.98 Å². The number of amides is 1. The number of hydrogen-bond donors (Lipinski definition) is 1. The van der Waals surface area contributed by atoms with E-state index in [4.69, 9.17) is 4.98 Å². The Labute approximate surface area is 213 Å². The fourth-order valence-corrected chi connectivity index (χ4v) is 6.86. The molecule has 1 aliphatic rings. The van der Waals surface area contributed by atoms with E-state index in [1.807, 2.05) is 44.2 Å². The summed E-state index contributed by atoms with van der Waals surface area (Å²) in [7, 11) is 0. The highest BCUT2D eigenvalue weighted by Gasteiger charge is 2.23. The smallest absolute Gasteiger partial charge is 0.267 e. The van der Waals surface area contributed by atoms with Crippen molar-refractivity contribution in [3.05, 3.63) is 86.0 Å². The predicted octanol–water partition coefficient (Wildman–Crippen LogP) is 5.39. The van der Waals surface area contributed by atoms with E-state index >= 15 is 0 Å². The number of nitrogens with zero attached hydrogens (tertiary/aromatic N) is 2. The van der Waals surface area contributed by atoms with Crippen LogP contribution in [0.3, 0.4) is 0 Å². The number of aromatic nitrogens is 2. The van der Waals surface area contributed by atoms with Crippen molar-refractivity contribution in [3.8, 4) is 5.69 Å². The van der Waals surface area contributed by atoms with Gasteiger partial charge in [0.25, 0.3) is 5.56 Å². The summed E-state index contributed by atoms with van der Waals surface area (Å²) in [5.74, 6) is 0.154. The summed E-state index contributed by atoms with van der Waals surface area (Å²) < 4.78 is 1.72. The van der Waals surface area contributed by atoms with E-state index in [0.29, 0.717) is 11.7 Å². The van der Waals surface area contributed by atoms with Gasteiger partial charge in [0.1, 0.15) is 4.83 Å². The van der Waals surface area contributed by atoms with E-state index < -0.39 is 0 Å². The molecule has 5 nitrogen and oxygen atoms in total. The Morgan fingerprint density at radius 3 is 2.71 bits per heavy atom. The molecule has 1 aliphatic carbocycles. The quantitative estimate of drug-likeness (QED) is 0.271. The van der Waals surface area contributed by atoms with E-state index in [9.17, 15) is 9.59 Å². The largest absolute Gasteiger partial charge is 0.355 e. The lowest BCUT2D eigenvalue weighted by Crippen LogP contribution is -2.28. The second kappa shape index (κ2) is 10.4. The van der Waals surface area contributed by atoms with Gasteiger partial charge in [-0.1, -0.05) is 59.8 Å². The molecule has 2 aromatic heterocycles. The molecular weight excluding hydrogens is 474 g/mol. The third-order valence-corrected chi connectivity index (χ3v) is 8.59. The summed E-state index contributed by atoms with van der Waals surface area (Å²) in [5, 5.41) is 4.34. The average Bonchev–Trinajstić information content (AvgIpc) is 3.23. The number of thiophene rings is 1. The molecule has 0 saturated heterocycles. The second-order valence-corrected chi connectivity index (χ2v) is 11.1. The molecule has 180 valence electrons. The van der Waals surface area contributed by atoms with Gasteiger partial charge in [0.2, 0.25) is 5.91 Å². The number of fused-ring (bicyclic) bond motifs is 3. The van der Waals surface area contributed by atoms with Gasteiger partial charge in [-0.2, -0.15) is 0 Å². The van der Waals surface area contributed by atoms with Crippen LogP contribution in [-0.4, -0.2) is 27.8 Å². The van der Waals surface area contributed by atoms with Crippen LogP contribution in [0.4, 0.5) is 0 Å². The number of rotatable bonds is 7. The highest BCUT2D eigenvalue weighted by atomic mass is 32.2. The Balaban J connectivity index is 1.44. The zero-order chi connectivity index (χ0) is 24.4. The first-order valence-corrected chi connectivity index (χ1v) is 13.9. The summed E-state index contributed by atoms with van der Waals surface area (Å²) in [5.41, 5.74) is 5.35. The number of carbonyl (C=O) groups is 1. The first kappa shape index (κ1) is 23.8. The van der Waals surface area contributed by atoms with Crippen molar-refractivity contribution < 1.29 is 4.79 Å². The van der Waals surface area contributed by atoms with Crippen molar-refractivity contribution in [2.24, 2.45) is 0 Å². The Kier molecular flexibility index (Phi) is 7.07. The summed E-state index contributed by atoms with van der Waals surface area (Å²) in [6, 6.07) is 16.2. The lowest BCUT2D eigenvalue weighted by Gasteiger charge is -2.15. The minimum Gasteiger partial charge on any atom is -0.355 e. The highest BCUT2D eigenvalue weighted by Crippen LogP contribution is 2.35. The Morgan fingerprint density at radius 2 is 1.91 bits per heavy atom. The van der Waals surface area contributed by atoms with Gasteiger partial charge in [0, 0.05) is 11.4 Å². The Hall–Kier alpha value is -2.90. The molecule has 5 rings (SSSR count). The van der Waals surface area contributed by atoms with Crippen LogP contribution in [0.25, 0.3) is 15.9 Å². The zero-order valence-corrected chi connectivity index (χ0v) is 21.7. The van der Waals surface area contributed by atoms with Gasteiger partial charge in [0.05, 0.1) is 16.8 Å². The van der Waals surface area contributed by atoms with Crippen LogP contribution >= 0.6 is 23.1 Å². The summed E-state index contributed by atoms with van der Waals surface area (Å²) >= 11 is 2.98. The fraction of sp³-hybridized carbons (Fsp3) is 0.321. The maximum atomic E-state index is 13.9. The molecule has 0 bridgehead atoms. The SMILES string of the molecule is Cc1ccc(-n2c(SCC(=O)NCCc3ccccc3)nc3sc4c(c3c2=O)CCCC4)c(C)c1. The van der Waals surface area contributed by atoms with Gasteiger partial charge in [0.15, 0.2) is 5.16 Å². The number of hydrogen-bond acceptors (Lipinski definition) is 5. The molecule has 0 spiro atoms. The van der Waals surface area contributed by atoms with Crippen LogP contribution in [0, 0.1) is 13.8 Å². The molecule has 4 aromatic rings. The van der Waals surface area contributed by atoms with Gasteiger partial charge in [-0.3, -0.25) is 14.2 Å². The molecule has 1 amide bonds. The van der Waals surface area contributed by atoms with Gasteiger partial charge in [-0.05, 0) is 68.7 Å². The first-order valence-electron chi connectivity index (χ1n) is 12.1. The van der Waals surface area contributed by atoms with E-state index in [2.05, 4.69) is 23.5 Å². The molecular formula is C28H29N3O2S2. The molecule has 35 heavy (non-hydrogen) atoms. The topological polar surface area (TPSA) is 64.0 Å². The maximum Gasteiger partial charge on any atom is 0.267 e. The molecule has 0 fully saturated rings. The molecule has 0 saturated carbocycles. The number of aryl methyl sites for hydroxylation is 4. The monoisotopic (exact) mass is 503 g/mol. The molecule has 1 N–H and O–H groups in total. The second-order valence-electron chi connectivity index (χ2n) is 9.09. The summed E-state index contributed by atoms with van der Waals surface area (Å²) in [6.07, 6.45) is 5.02. The van der Waals surface area contributed by atoms with Crippen molar-refractivity contribution in [1.29, 1.82) is 0 Å². The molecule has 0 unspecified atom stereocenters. The van der Waals surface area contributed by atoms with Gasteiger partial charge < -0.3 is 5.32 Å². The van der Waals surface area contributed by atoms with Crippen LogP contribution < -0.4 is 10.9 Å². The van der Waals surface area contributed by atoms with Crippen molar-refractivity contribution in [3.63, 3.8) is 0 Å². The maximum absolute atomic E-state index is 13.9. The van der Waals surface area contributed by atoms with Crippen LogP contribution in [0.5, 0.6) is 0 Å². The van der Waals surface area contributed by atoms with Crippen molar-refractivity contribution in [1.82, 2.24) is 14.9 Å². The standard InChI is InChI=1S/C28H29N3O2S2/c1-18-12-13-22(19(2)16-18)31-27(33)25-21-10-6-7-11-23(21)35-26(25)30-28(31)34-17-24(32)29-15-14-20-8-4-3-5-9-20/h3-5,8-9,12-13,16H,6-7,10-11,14-15,17H2,1-2H3,(H,29,32). The van der Waals surface area contributed by atoms with Crippen LogP contribution in [-0.2, 0) is 24.1 Å². The van der Waals surface area contributed by atoms with Crippen LogP contribution in [0.2, 0.25) is 0 Å². The van der Waals surface area contributed by atoms with Crippen LogP contribution in [0.1, 0.15) is 40.0 Å². The predicted molar refractivity (Wildman–Crippen MR) is 145 cm³/mol. The number of carbonyl (C=O) groups excluding carboxylic acids is 1. The third-order valence-electron chi connectivity index (χ3n) is 6.46.